The highest BCUT2D eigenvalue weighted by Gasteiger charge is 2.04. The van der Waals surface area contributed by atoms with Gasteiger partial charge in [0.25, 0.3) is 0 Å². The van der Waals surface area contributed by atoms with E-state index in [0.717, 1.165) is 24.1 Å². The van der Waals surface area contributed by atoms with Gasteiger partial charge in [0.2, 0.25) is 0 Å². The van der Waals surface area contributed by atoms with Gasteiger partial charge >= 0.3 is 0 Å². The number of nitrogens with two attached hydrogens (primary N) is 1. The summed E-state index contributed by atoms with van der Waals surface area (Å²) >= 11 is 0. The van der Waals surface area contributed by atoms with Crippen LogP contribution in [-0.2, 0) is 17.6 Å². The van der Waals surface area contributed by atoms with E-state index < -0.39 is 0 Å². The van der Waals surface area contributed by atoms with Crippen LogP contribution in [0.25, 0.3) is 0 Å². The van der Waals surface area contributed by atoms with Gasteiger partial charge in [-0.05, 0) is 36.1 Å². The van der Waals surface area contributed by atoms with Crippen molar-refractivity contribution in [3.63, 3.8) is 0 Å². The second-order valence-corrected chi connectivity index (χ2v) is 4.80. The third-order valence-corrected chi connectivity index (χ3v) is 3.14. The second kappa shape index (κ2) is 6.74. The Hall–Kier alpha value is -2.09. The number of carbonyl (C=O) groups excluding carboxylic acids is 1. The first-order valence-electron chi connectivity index (χ1n) is 6.64. The van der Waals surface area contributed by atoms with Crippen molar-refractivity contribution in [1.82, 2.24) is 0 Å². The molecule has 2 aromatic carbocycles. The van der Waals surface area contributed by atoms with E-state index in [9.17, 15) is 4.79 Å². The molecule has 19 heavy (non-hydrogen) atoms. The summed E-state index contributed by atoms with van der Waals surface area (Å²) in [7, 11) is 0. The zero-order valence-corrected chi connectivity index (χ0v) is 11.0. The van der Waals surface area contributed by atoms with Crippen molar-refractivity contribution < 1.29 is 4.79 Å². The van der Waals surface area contributed by atoms with Gasteiger partial charge in [-0.2, -0.15) is 0 Å². The molecule has 0 spiro atoms. The third kappa shape index (κ3) is 4.59. The van der Waals surface area contributed by atoms with Crippen LogP contribution in [0, 0.1) is 0 Å². The van der Waals surface area contributed by atoms with Crippen LogP contribution in [-0.4, -0.2) is 5.78 Å². The Morgan fingerprint density at radius 2 is 1.58 bits per heavy atom. The normalized spacial score (nSPS) is 10.3. The number of carbonyl (C=O) groups is 1. The molecule has 0 heterocycles. The molecule has 2 heteroatoms. The molecule has 0 aromatic heterocycles. The molecule has 2 aromatic rings. The van der Waals surface area contributed by atoms with E-state index in [-0.39, 0.29) is 0 Å². The monoisotopic (exact) mass is 253 g/mol. The number of nitrogen functional groups attached to an aromatic ring is 1. The summed E-state index contributed by atoms with van der Waals surface area (Å²) in [6.45, 7) is 0. The van der Waals surface area contributed by atoms with Gasteiger partial charge in [0.1, 0.15) is 5.78 Å². The quantitative estimate of drug-likeness (QED) is 0.802. The standard InChI is InChI=1S/C17H19NO/c18-16-11-9-15(10-12-16)13-17(19)8-4-7-14-5-2-1-3-6-14/h1-3,5-6,9-12H,4,7-8,13,18H2. The molecule has 0 saturated heterocycles. The highest BCUT2D eigenvalue weighted by atomic mass is 16.1. The number of aryl methyl sites for hydroxylation is 1. The number of benzene rings is 2. The summed E-state index contributed by atoms with van der Waals surface area (Å²) in [5.41, 5.74) is 8.69. The first kappa shape index (κ1) is 13.3. The van der Waals surface area contributed by atoms with Crippen LogP contribution >= 0.6 is 0 Å². The molecule has 0 aliphatic rings. The summed E-state index contributed by atoms with van der Waals surface area (Å²) in [4.78, 5) is 11.9. The van der Waals surface area contributed by atoms with Crippen molar-refractivity contribution in [3.05, 3.63) is 65.7 Å². The van der Waals surface area contributed by atoms with E-state index in [0.29, 0.717) is 18.6 Å². The van der Waals surface area contributed by atoms with E-state index in [1.54, 1.807) is 0 Å². The van der Waals surface area contributed by atoms with Crippen LogP contribution in [0.3, 0.4) is 0 Å². The highest BCUT2D eigenvalue weighted by Crippen LogP contribution is 2.09. The van der Waals surface area contributed by atoms with E-state index in [1.807, 2.05) is 42.5 Å². The molecular weight excluding hydrogens is 234 g/mol. The van der Waals surface area contributed by atoms with E-state index in [4.69, 9.17) is 5.73 Å². The number of ketones is 1. The van der Waals surface area contributed by atoms with Crippen molar-refractivity contribution in [3.8, 4) is 0 Å². The zero-order valence-electron chi connectivity index (χ0n) is 11.0. The highest BCUT2D eigenvalue weighted by molar-refractivity contribution is 5.80. The van der Waals surface area contributed by atoms with Gasteiger partial charge in [0, 0.05) is 18.5 Å². The number of Topliss-reactive ketones (excluding diaryl/α,β-unsaturated/α-hetero) is 1. The molecule has 0 fully saturated rings. The zero-order chi connectivity index (χ0) is 13.5. The van der Waals surface area contributed by atoms with Crippen LogP contribution in [0.4, 0.5) is 5.69 Å². The Kier molecular flexibility index (Phi) is 4.73. The molecule has 0 amide bonds. The summed E-state index contributed by atoms with van der Waals surface area (Å²) in [6, 6.07) is 17.8. The molecule has 2 rings (SSSR count). The fourth-order valence-corrected chi connectivity index (χ4v) is 2.09. The predicted octanol–water partition coefficient (Wildman–Crippen LogP) is 3.40. The second-order valence-electron chi connectivity index (χ2n) is 4.80. The van der Waals surface area contributed by atoms with Crippen LogP contribution in [0.1, 0.15) is 24.0 Å². The van der Waals surface area contributed by atoms with Crippen LogP contribution in [0.15, 0.2) is 54.6 Å². The lowest BCUT2D eigenvalue weighted by molar-refractivity contribution is -0.118. The topological polar surface area (TPSA) is 43.1 Å². The van der Waals surface area contributed by atoms with Crippen LogP contribution in [0.2, 0.25) is 0 Å². The molecule has 0 saturated carbocycles. The van der Waals surface area contributed by atoms with Crippen molar-refractivity contribution >= 4 is 11.5 Å². The first-order valence-corrected chi connectivity index (χ1v) is 6.64. The average Bonchev–Trinajstić information content (AvgIpc) is 2.43. The maximum atomic E-state index is 11.9. The molecular formula is C17H19NO. The van der Waals surface area contributed by atoms with Gasteiger partial charge in [-0.1, -0.05) is 42.5 Å². The summed E-state index contributed by atoms with van der Waals surface area (Å²) in [5.74, 6) is 0.292. The molecule has 0 unspecified atom stereocenters. The maximum absolute atomic E-state index is 11.9. The molecule has 2 N–H and O–H groups in total. The lowest BCUT2D eigenvalue weighted by Gasteiger charge is -2.03. The molecule has 0 atom stereocenters. The Labute approximate surface area is 114 Å². The molecule has 0 radical (unpaired) electrons. The molecule has 98 valence electrons. The third-order valence-electron chi connectivity index (χ3n) is 3.14. The van der Waals surface area contributed by atoms with E-state index in [1.165, 1.54) is 5.56 Å². The molecule has 2 nitrogen and oxygen atoms in total. The van der Waals surface area contributed by atoms with Crippen LogP contribution < -0.4 is 5.73 Å². The number of rotatable bonds is 6. The van der Waals surface area contributed by atoms with Crippen molar-refractivity contribution in [1.29, 1.82) is 0 Å². The van der Waals surface area contributed by atoms with Crippen LogP contribution in [0.5, 0.6) is 0 Å². The van der Waals surface area contributed by atoms with Gasteiger partial charge in [0.05, 0.1) is 0 Å². The molecule has 0 aliphatic carbocycles. The molecule has 0 aliphatic heterocycles. The first-order chi connectivity index (χ1) is 9.24. The number of hydrogen-bond donors (Lipinski definition) is 1. The fourth-order valence-electron chi connectivity index (χ4n) is 2.09. The fraction of sp³-hybridized carbons (Fsp3) is 0.235. The smallest absolute Gasteiger partial charge is 0.137 e. The van der Waals surface area contributed by atoms with Gasteiger partial charge in [-0.15, -0.1) is 0 Å². The van der Waals surface area contributed by atoms with E-state index >= 15 is 0 Å². The van der Waals surface area contributed by atoms with Gasteiger partial charge in [-0.3, -0.25) is 4.79 Å². The predicted molar refractivity (Wildman–Crippen MR) is 78.9 cm³/mol. The SMILES string of the molecule is Nc1ccc(CC(=O)CCCc2ccccc2)cc1. The number of anilines is 1. The minimum absolute atomic E-state index is 0.292. The summed E-state index contributed by atoms with van der Waals surface area (Å²) < 4.78 is 0. The Morgan fingerprint density at radius 1 is 0.895 bits per heavy atom. The van der Waals surface area contributed by atoms with Gasteiger partial charge in [0.15, 0.2) is 0 Å². The number of hydrogen-bond acceptors (Lipinski definition) is 2. The van der Waals surface area contributed by atoms with Crippen molar-refractivity contribution in [2.24, 2.45) is 0 Å². The molecule has 0 bridgehead atoms. The average molecular weight is 253 g/mol. The lowest BCUT2D eigenvalue weighted by atomic mass is 10.0. The lowest BCUT2D eigenvalue weighted by Crippen LogP contribution is -2.03. The summed E-state index contributed by atoms with van der Waals surface area (Å²) in [5, 5.41) is 0. The van der Waals surface area contributed by atoms with Gasteiger partial charge < -0.3 is 5.73 Å². The Morgan fingerprint density at radius 3 is 2.26 bits per heavy atom. The minimum atomic E-state index is 0.292. The van der Waals surface area contributed by atoms with Gasteiger partial charge in [-0.25, -0.2) is 0 Å². The van der Waals surface area contributed by atoms with Crippen molar-refractivity contribution in [2.45, 2.75) is 25.7 Å². The Balaban J connectivity index is 1.74. The Bertz CT molecular complexity index is 517. The summed E-state index contributed by atoms with van der Waals surface area (Å²) in [6.07, 6.45) is 3.03. The maximum Gasteiger partial charge on any atom is 0.137 e. The largest absolute Gasteiger partial charge is 0.399 e. The van der Waals surface area contributed by atoms with E-state index in [2.05, 4.69) is 12.1 Å². The minimum Gasteiger partial charge on any atom is -0.399 e. The van der Waals surface area contributed by atoms with Crippen molar-refractivity contribution in [2.75, 3.05) is 5.73 Å².